The first-order valence-corrected chi connectivity index (χ1v) is 8.78. The number of aromatic nitrogens is 2. The van der Waals surface area contributed by atoms with Crippen molar-refractivity contribution in [1.82, 2.24) is 20.0 Å². The first-order chi connectivity index (χ1) is 11.6. The molecule has 0 radical (unpaired) electrons. The van der Waals surface area contributed by atoms with Crippen LogP contribution < -0.4 is 5.32 Å². The number of amides is 1. The van der Waals surface area contributed by atoms with Gasteiger partial charge in [0.05, 0.1) is 18.9 Å². The van der Waals surface area contributed by atoms with Crippen LogP contribution in [-0.4, -0.2) is 66.1 Å². The molecule has 0 bridgehead atoms. The van der Waals surface area contributed by atoms with Crippen LogP contribution in [0.1, 0.15) is 35.9 Å². The van der Waals surface area contributed by atoms with E-state index in [4.69, 9.17) is 9.47 Å². The summed E-state index contributed by atoms with van der Waals surface area (Å²) < 4.78 is 13.2. The number of morpholine rings is 1. The van der Waals surface area contributed by atoms with Crippen LogP contribution in [0.3, 0.4) is 0 Å². The molecular weight excluding hydrogens is 308 g/mol. The largest absolute Gasteiger partial charge is 0.378 e. The molecule has 1 aromatic rings. The SMILES string of the molecule is Cc1nn(C)c(C)c1[C@H]1OCC[C@@H]1NCCC(=O)N1CCOCC1. The Morgan fingerprint density at radius 3 is 2.71 bits per heavy atom. The van der Waals surface area contributed by atoms with E-state index in [1.165, 1.54) is 5.56 Å². The predicted molar refractivity (Wildman–Crippen MR) is 89.8 cm³/mol. The number of ether oxygens (including phenoxy) is 2. The standard InChI is InChI=1S/C17H28N4O3/c1-12-16(13(2)20(3)19-12)17-14(5-9-24-17)18-6-4-15(22)21-7-10-23-11-8-21/h14,17-18H,4-11H2,1-3H3/t14-,17-/m0/s1. The minimum absolute atomic E-state index is 0.0252. The fourth-order valence-electron chi connectivity index (χ4n) is 3.62. The Labute approximate surface area is 143 Å². The van der Waals surface area contributed by atoms with Crippen LogP contribution >= 0.6 is 0 Å². The van der Waals surface area contributed by atoms with Gasteiger partial charge in [0.2, 0.25) is 5.91 Å². The van der Waals surface area contributed by atoms with E-state index in [0.29, 0.717) is 39.3 Å². The monoisotopic (exact) mass is 336 g/mol. The second-order valence-corrected chi connectivity index (χ2v) is 6.59. The number of nitrogens with zero attached hydrogens (tertiary/aromatic N) is 3. The third kappa shape index (κ3) is 3.63. The van der Waals surface area contributed by atoms with Crippen LogP contribution in [0, 0.1) is 13.8 Å². The molecule has 2 fully saturated rings. The van der Waals surface area contributed by atoms with Gasteiger partial charge >= 0.3 is 0 Å². The van der Waals surface area contributed by atoms with E-state index in [9.17, 15) is 4.79 Å². The Morgan fingerprint density at radius 1 is 1.29 bits per heavy atom. The first-order valence-electron chi connectivity index (χ1n) is 8.78. The Bertz CT molecular complexity index is 581. The number of carbonyl (C=O) groups is 1. The molecule has 134 valence electrons. The average Bonchev–Trinajstić information content (AvgIpc) is 3.12. The van der Waals surface area contributed by atoms with Gasteiger partial charge in [-0.1, -0.05) is 0 Å². The number of carbonyl (C=O) groups excluding carboxylic acids is 1. The minimum atomic E-state index is 0.0252. The Hall–Kier alpha value is -1.44. The quantitative estimate of drug-likeness (QED) is 0.857. The number of rotatable bonds is 5. The maximum absolute atomic E-state index is 12.2. The van der Waals surface area contributed by atoms with Crippen molar-refractivity contribution in [3.8, 4) is 0 Å². The van der Waals surface area contributed by atoms with Gasteiger partial charge in [0.25, 0.3) is 0 Å². The maximum Gasteiger partial charge on any atom is 0.224 e. The van der Waals surface area contributed by atoms with Gasteiger partial charge in [-0.2, -0.15) is 5.10 Å². The molecule has 0 spiro atoms. The lowest BCUT2D eigenvalue weighted by atomic mass is 10.00. The van der Waals surface area contributed by atoms with Crippen LogP contribution in [0.25, 0.3) is 0 Å². The first kappa shape index (κ1) is 17.4. The molecular formula is C17H28N4O3. The maximum atomic E-state index is 12.2. The Kier molecular flexibility index (Phi) is 5.53. The highest BCUT2D eigenvalue weighted by Crippen LogP contribution is 2.33. The average molecular weight is 336 g/mol. The van der Waals surface area contributed by atoms with Gasteiger partial charge in [0, 0.05) is 57.0 Å². The second-order valence-electron chi connectivity index (χ2n) is 6.59. The van der Waals surface area contributed by atoms with Gasteiger partial charge in [0.15, 0.2) is 0 Å². The highest BCUT2D eigenvalue weighted by Gasteiger charge is 2.33. The summed E-state index contributed by atoms with van der Waals surface area (Å²) in [5.74, 6) is 0.204. The van der Waals surface area contributed by atoms with Gasteiger partial charge < -0.3 is 19.7 Å². The zero-order valence-electron chi connectivity index (χ0n) is 14.9. The molecule has 2 aliphatic heterocycles. The van der Waals surface area contributed by atoms with Crippen molar-refractivity contribution in [1.29, 1.82) is 0 Å². The lowest BCUT2D eigenvalue weighted by Crippen LogP contribution is -2.42. The smallest absolute Gasteiger partial charge is 0.224 e. The van der Waals surface area contributed by atoms with Crippen molar-refractivity contribution in [2.75, 3.05) is 39.5 Å². The number of aryl methyl sites for hydroxylation is 2. The molecule has 7 nitrogen and oxygen atoms in total. The van der Waals surface area contributed by atoms with Crippen molar-refractivity contribution in [3.05, 3.63) is 17.0 Å². The fourth-order valence-corrected chi connectivity index (χ4v) is 3.62. The van der Waals surface area contributed by atoms with Crippen molar-refractivity contribution in [2.45, 2.75) is 38.8 Å². The fraction of sp³-hybridized carbons (Fsp3) is 0.765. The molecule has 3 rings (SSSR count). The van der Waals surface area contributed by atoms with E-state index in [1.807, 2.05) is 23.6 Å². The topological polar surface area (TPSA) is 68.6 Å². The normalized spacial score (nSPS) is 24.5. The summed E-state index contributed by atoms with van der Waals surface area (Å²) in [4.78, 5) is 14.1. The Morgan fingerprint density at radius 2 is 2.04 bits per heavy atom. The van der Waals surface area contributed by atoms with Crippen LogP contribution in [0.5, 0.6) is 0 Å². The molecule has 3 heterocycles. The molecule has 0 aromatic carbocycles. The lowest BCUT2D eigenvalue weighted by molar-refractivity contribution is -0.135. The van der Waals surface area contributed by atoms with E-state index in [-0.39, 0.29) is 18.1 Å². The van der Waals surface area contributed by atoms with Gasteiger partial charge in [-0.05, 0) is 20.3 Å². The van der Waals surface area contributed by atoms with E-state index in [0.717, 1.165) is 24.4 Å². The highest BCUT2D eigenvalue weighted by molar-refractivity contribution is 5.76. The lowest BCUT2D eigenvalue weighted by Gasteiger charge is -2.27. The molecule has 2 atom stereocenters. The summed E-state index contributed by atoms with van der Waals surface area (Å²) in [5.41, 5.74) is 3.36. The summed E-state index contributed by atoms with van der Waals surface area (Å²) in [6.45, 7) is 8.25. The van der Waals surface area contributed by atoms with Crippen molar-refractivity contribution < 1.29 is 14.3 Å². The molecule has 2 saturated heterocycles. The third-order valence-corrected chi connectivity index (χ3v) is 5.05. The van der Waals surface area contributed by atoms with Crippen LogP contribution in [0.4, 0.5) is 0 Å². The number of hydrogen-bond donors (Lipinski definition) is 1. The molecule has 0 aliphatic carbocycles. The van der Waals surface area contributed by atoms with Gasteiger partial charge in [-0.3, -0.25) is 9.48 Å². The second kappa shape index (κ2) is 7.63. The summed E-state index contributed by atoms with van der Waals surface area (Å²) in [6, 6.07) is 0.240. The molecule has 24 heavy (non-hydrogen) atoms. The number of nitrogens with one attached hydrogen (secondary N) is 1. The molecule has 7 heteroatoms. The van der Waals surface area contributed by atoms with Crippen molar-refractivity contribution in [2.24, 2.45) is 7.05 Å². The third-order valence-electron chi connectivity index (χ3n) is 5.05. The highest BCUT2D eigenvalue weighted by atomic mass is 16.5. The number of hydrogen-bond acceptors (Lipinski definition) is 5. The molecule has 0 saturated carbocycles. The summed E-state index contributed by atoms with van der Waals surface area (Å²) in [6.07, 6.45) is 1.51. The van der Waals surface area contributed by atoms with Crippen LogP contribution in [-0.2, 0) is 21.3 Å². The Balaban J connectivity index is 1.53. The molecule has 2 aliphatic rings. The molecule has 0 unspecified atom stereocenters. The van der Waals surface area contributed by atoms with Gasteiger partial charge in [-0.25, -0.2) is 0 Å². The molecule has 1 N–H and O–H groups in total. The summed E-state index contributed by atoms with van der Waals surface area (Å²) in [5, 5.41) is 8.02. The van der Waals surface area contributed by atoms with Crippen molar-refractivity contribution in [3.63, 3.8) is 0 Å². The van der Waals surface area contributed by atoms with E-state index in [1.54, 1.807) is 0 Å². The van der Waals surface area contributed by atoms with Crippen molar-refractivity contribution >= 4 is 5.91 Å². The van der Waals surface area contributed by atoms with Gasteiger partial charge in [-0.15, -0.1) is 0 Å². The molecule has 1 amide bonds. The zero-order chi connectivity index (χ0) is 17.1. The van der Waals surface area contributed by atoms with Crippen LogP contribution in [0.15, 0.2) is 0 Å². The summed E-state index contributed by atoms with van der Waals surface area (Å²) >= 11 is 0. The van der Waals surface area contributed by atoms with Crippen LogP contribution in [0.2, 0.25) is 0 Å². The van der Waals surface area contributed by atoms with Gasteiger partial charge in [0.1, 0.15) is 6.10 Å². The summed E-state index contributed by atoms with van der Waals surface area (Å²) in [7, 11) is 1.96. The molecule has 1 aromatic heterocycles. The zero-order valence-corrected chi connectivity index (χ0v) is 14.9. The van der Waals surface area contributed by atoms with E-state index in [2.05, 4.69) is 17.3 Å². The van der Waals surface area contributed by atoms with E-state index < -0.39 is 0 Å². The van der Waals surface area contributed by atoms with E-state index >= 15 is 0 Å². The minimum Gasteiger partial charge on any atom is -0.378 e. The predicted octanol–water partition coefficient (Wildman–Crippen LogP) is 0.705.